The second-order valence-electron chi connectivity index (χ2n) is 7.73. The van der Waals surface area contributed by atoms with Crippen molar-refractivity contribution in [2.75, 3.05) is 19.7 Å². The Morgan fingerprint density at radius 2 is 1.86 bits per heavy atom. The highest BCUT2D eigenvalue weighted by molar-refractivity contribution is 5.76. The first-order valence-corrected chi connectivity index (χ1v) is 9.80. The Hall–Kier alpha value is -2.40. The lowest BCUT2D eigenvalue weighted by molar-refractivity contribution is -0.136. The molecular formula is C23H28FNO3. The average molecular weight is 385 g/mol. The van der Waals surface area contributed by atoms with Crippen LogP contribution >= 0.6 is 0 Å². The zero-order valence-corrected chi connectivity index (χ0v) is 16.6. The lowest BCUT2D eigenvalue weighted by Crippen LogP contribution is -2.49. The monoisotopic (exact) mass is 385 g/mol. The normalized spacial score (nSPS) is 16.1. The molecule has 2 aromatic carbocycles. The van der Waals surface area contributed by atoms with Crippen molar-refractivity contribution in [1.82, 2.24) is 4.90 Å². The molecule has 2 aromatic rings. The molecule has 1 aliphatic heterocycles. The highest BCUT2D eigenvalue weighted by Gasteiger charge is 2.34. The van der Waals surface area contributed by atoms with Crippen molar-refractivity contribution < 1.29 is 19.0 Å². The smallest absolute Gasteiger partial charge is 0.222 e. The van der Waals surface area contributed by atoms with Crippen LogP contribution in [0.3, 0.4) is 0 Å². The zero-order chi connectivity index (χ0) is 20.1. The number of halogens is 1. The Bertz CT molecular complexity index is 828. The van der Waals surface area contributed by atoms with Crippen LogP contribution in [0.4, 0.5) is 4.39 Å². The molecule has 150 valence electrons. The summed E-state index contributed by atoms with van der Waals surface area (Å²) in [5.74, 6) is 0.479. The molecule has 0 aliphatic carbocycles. The zero-order valence-electron chi connectivity index (χ0n) is 16.6. The topological polar surface area (TPSA) is 49.8 Å². The van der Waals surface area contributed by atoms with Gasteiger partial charge < -0.3 is 14.7 Å². The molecule has 4 nitrogen and oxygen atoms in total. The van der Waals surface area contributed by atoms with E-state index >= 15 is 0 Å². The predicted molar refractivity (Wildman–Crippen MR) is 107 cm³/mol. The van der Waals surface area contributed by atoms with Gasteiger partial charge in [0.05, 0.1) is 0 Å². The van der Waals surface area contributed by atoms with E-state index in [1.165, 1.54) is 11.6 Å². The molecule has 1 aliphatic rings. The third-order valence-corrected chi connectivity index (χ3v) is 5.60. The fourth-order valence-electron chi connectivity index (χ4n) is 3.44. The number of piperidine rings is 1. The van der Waals surface area contributed by atoms with Crippen molar-refractivity contribution in [3.63, 3.8) is 0 Å². The minimum Gasteiger partial charge on any atom is -0.491 e. The second-order valence-corrected chi connectivity index (χ2v) is 7.73. The Labute approximate surface area is 165 Å². The van der Waals surface area contributed by atoms with E-state index in [0.29, 0.717) is 37.9 Å². The number of rotatable bonds is 6. The number of carbonyl (C=O) groups is 1. The number of aliphatic hydroxyl groups is 1. The number of nitrogens with zero attached hydrogens (tertiary/aromatic N) is 1. The van der Waals surface area contributed by atoms with Crippen LogP contribution in [0, 0.1) is 19.7 Å². The van der Waals surface area contributed by atoms with Gasteiger partial charge in [0, 0.05) is 19.5 Å². The Balaban J connectivity index is 1.46. The van der Waals surface area contributed by atoms with Crippen molar-refractivity contribution in [2.24, 2.45) is 0 Å². The van der Waals surface area contributed by atoms with E-state index in [1.807, 2.05) is 32.0 Å². The maximum atomic E-state index is 13.7. The van der Waals surface area contributed by atoms with E-state index in [4.69, 9.17) is 4.74 Å². The van der Waals surface area contributed by atoms with Crippen LogP contribution in [0.1, 0.15) is 36.0 Å². The molecule has 0 spiro atoms. The molecular weight excluding hydrogens is 357 g/mol. The maximum Gasteiger partial charge on any atom is 0.222 e. The second kappa shape index (κ2) is 8.74. The predicted octanol–water partition coefficient (Wildman–Crippen LogP) is 3.81. The van der Waals surface area contributed by atoms with Crippen molar-refractivity contribution in [2.45, 2.75) is 45.1 Å². The van der Waals surface area contributed by atoms with E-state index in [2.05, 4.69) is 0 Å². The summed E-state index contributed by atoms with van der Waals surface area (Å²) in [4.78, 5) is 14.2. The van der Waals surface area contributed by atoms with E-state index in [9.17, 15) is 14.3 Å². The van der Waals surface area contributed by atoms with Crippen molar-refractivity contribution in [3.05, 3.63) is 65.0 Å². The molecule has 0 unspecified atom stereocenters. The third-order valence-electron chi connectivity index (χ3n) is 5.60. The highest BCUT2D eigenvalue weighted by atomic mass is 19.1. The van der Waals surface area contributed by atoms with E-state index in [1.54, 1.807) is 23.1 Å². The molecule has 0 saturated carbocycles. The van der Waals surface area contributed by atoms with Gasteiger partial charge in [0.15, 0.2) is 0 Å². The molecule has 0 aromatic heterocycles. The van der Waals surface area contributed by atoms with Gasteiger partial charge in [0.1, 0.15) is 23.8 Å². The van der Waals surface area contributed by atoms with Crippen LogP contribution < -0.4 is 4.74 Å². The minimum absolute atomic E-state index is 0.000353. The first kappa shape index (κ1) is 20.3. The summed E-state index contributed by atoms with van der Waals surface area (Å²) in [6, 6.07) is 12.4. The summed E-state index contributed by atoms with van der Waals surface area (Å²) in [5, 5.41) is 10.8. The first-order valence-electron chi connectivity index (χ1n) is 9.80. The standard InChI is InChI=1S/C23H28FNO3/c1-17-7-9-20(15-18(17)2)28-16-23(27)11-13-25(14-12-23)22(26)10-8-19-5-3-4-6-21(19)24/h3-7,9,15,27H,8,10-14,16H2,1-2H3. The largest absolute Gasteiger partial charge is 0.491 e. The van der Waals surface area contributed by atoms with E-state index < -0.39 is 5.60 Å². The van der Waals surface area contributed by atoms with E-state index in [0.717, 1.165) is 11.3 Å². The first-order chi connectivity index (χ1) is 13.4. The summed E-state index contributed by atoms with van der Waals surface area (Å²) in [6.07, 6.45) is 1.62. The van der Waals surface area contributed by atoms with Crippen LogP contribution in [0.2, 0.25) is 0 Å². The van der Waals surface area contributed by atoms with Gasteiger partial charge in [-0.2, -0.15) is 0 Å². The van der Waals surface area contributed by atoms with Gasteiger partial charge in [-0.15, -0.1) is 0 Å². The van der Waals surface area contributed by atoms with Gasteiger partial charge in [-0.1, -0.05) is 24.3 Å². The molecule has 5 heteroatoms. The summed E-state index contributed by atoms with van der Waals surface area (Å²) in [6.45, 7) is 5.27. The lowest BCUT2D eigenvalue weighted by Gasteiger charge is -2.38. The van der Waals surface area contributed by atoms with Crippen molar-refractivity contribution in [3.8, 4) is 5.75 Å². The van der Waals surface area contributed by atoms with Gasteiger partial charge in [0.2, 0.25) is 5.91 Å². The molecule has 0 bridgehead atoms. The molecule has 1 amide bonds. The quantitative estimate of drug-likeness (QED) is 0.823. The van der Waals surface area contributed by atoms with Crippen molar-refractivity contribution >= 4 is 5.91 Å². The van der Waals surface area contributed by atoms with Gasteiger partial charge in [-0.25, -0.2) is 4.39 Å². The number of carbonyl (C=O) groups excluding carboxylic acids is 1. The third kappa shape index (κ3) is 5.10. The van der Waals surface area contributed by atoms with Crippen LogP contribution in [0.15, 0.2) is 42.5 Å². The molecule has 0 radical (unpaired) electrons. The highest BCUT2D eigenvalue weighted by Crippen LogP contribution is 2.25. The van der Waals surface area contributed by atoms with E-state index in [-0.39, 0.29) is 24.8 Å². The summed E-state index contributed by atoms with van der Waals surface area (Å²) < 4.78 is 19.5. The van der Waals surface area contributed by atoms with Crippen LogP contribution in [0.25, 0.3) is 0 Å². The summed E-state index contributed by atoms with van der Waals surface area (Å²) in [5.41, 5.74) is 1.99. The molecule has 0 atom stereocenters. The Morgan fingerprint density at radius 3 is 2.54 bits per heavy atom. The average Bonchev–Trinajstić information content (AvgIpc) is 2.69. The lowest BCUT2D eigenvalue weighted by atomic mass is 9.92. The number of hydrogen-bond donors (Lipinski definition) is 1. The summed E-state index contributed by atoms with van der Waals surface area (Å²) in [7, 11) is 0. The van der Waals surface area contributed by atoms with Gasteiger partial charge in [-0.05, 0) is 68.0 Å². The van der Waals surface area contributed by atoms with Gasteiger partial charge in [0.25, 0.3) is 0 Å². The number of hydrogen-bond acceptors (Lipinski definition) is 3. The van der Waals surface area contributed by atoms with Gasteiger partial charge in [-0.3, -0.25) is 4.79 Å². The van der Waals surface area contributed by atoms with Crippen LogP contribution in [-0.4, -0.2) is 41.2 Å². The number of benzene rings is 2. The summed E-state index contributed by atoms with van der Waals surface area (Å²) >= 11 is 0. The van der Waals surface area contributed by atoms with Gasteiger partial charge >= 0.3 is 0 Å². The number of aryl methyl sites for hydroxylation is 3. The van der Waals surface area contributed by atoms with Crippen LogP contribution in [-0.2, 0) is 11.2 Å². The SMILES string of the molecule is Cc1ccc(OCC2(O)CCN(C(=O)CCc3ccccc3F)CC2)cc1C. The number of amides is 1. The molecule has 1 heterocycles. The fraction of sp³-hybridized carbons (Fsp3) is 0.435. The van der Waals surface area contributed by atoms with Crippen LogP contribution in [0.5, 0.6) is 5.75 Å². The number of likely N-dealkylation sites (tertiary alicyclic amines) is 1. The molecule has 28 heavy (non-hydrogen) atoms. The molecule has 1 fully saturated rings. The molecule has 1 saturated heterocycles. The fourth-order valence-corrected chi connectivity index (χ4v) is 3.44. The minimum atomic E-state index is -0.929. The Morgan fingerprint density at radius 1 is 1.14 bits per heavy atom. The number of ether oxygens (including phenoxy) is 1. The molecule has 1 N–H and O–H groups in total. The molecule has 3 rings (SSSR count). The Kier molecular flexibility index (Phi) is 6.35. The maximum absolute atomic E-state index is 13.7. The van der Waals surface area contributed by atoms with Crippen molar-refractivity contribution in [1.29, 1.82) is 0 Å².